The Kier molecular flexibility index (Phi) is 4.27. The van der Waals surface area contributed by atoms with Crippen LogP contribution in [0, 0.1) is 18.3 Å². The fourth-order valence-corrected chi connectivity index (χ4v) is 3.26. The average molecular weight is 350 g/mol. The zero-order chi connectivity index (χ0) is 18.8. The van der Waals surface area contributed by atoms with Crippen molar-refractivity contribution in [2.24, 2.45) is 0 Å². The molecule has 0 aliphatic carbocycles. The van der Waals surface area contributed by atoms with Crippen molar-refractivity contribution in [1.82, 2.24) is 14.5 Å². The van der Waals surface area contributed by atoms with Crippen LogP contribution in [0.4, 0.5) is 0 Å². The Balaban J connectivity index is 1.85. The minimum Gasteiger partial charge on any atom is -0.280 e. The number of hydrogen-bond acceptors (Lipinski definition) is 3. The van der Waals surface area contributed by atoms with Gasteiger partial charge in [0.2, 0.25) is 0 Å². The van der Waals surface area contributed by atoms with Gasteiger partial charge in [-0.3, -0.25) is 4.57 Å². The molecule has 27 heavy (non-hydrogen) atoms. The van der Waals surface area contributed by atoms with Crippen LogP contribution in [0.1, 0.15) is 17.1 Å². The molecule has 0 bridgehead atoms. The van der Waals surface area contributed by atoms with E-state index in [-0.39, 0.29) is 0 Å². The van der Waals surface area contributed by atoms with Crippen LogP contribution < -0.4 is 0 Å². The molecule has 0 aliphatic rings. The highest BCUT2D eigenvalue weighted by molar-refractivity contribution is 5.76. The Morgan fingerprint density at radius 1 is 1.04 bits per heavy atom. The fourth-order valence-electron chi connectivity index (χ4n) is 3.26. The maximum Gasteiger partial charge on any atom is 0.164 e. The van der Waals surface area contributed by atoms with Crippen molar-refractivity contribution >= 4 is 11.2 Å². The van der Waals surface area contributed by atoms with Crippen molar-refractivity contribution in [2.45, 2.75) is 13.3 Å². The highest BCUT2D eigenvalue weighted by Gasteiger charge is 2.13. The number of fused-ring (bicyclic) bond motifs is 1. The molecule has 0 radical (unpaired) electrons. The van der Waals surface area contributed by atoms with Gasteiger partial charge in [-0.2, -0.15) is 5.26 Å². The molecule has 0 aliphatic heterocycles. The van der Waals surface area contributed by atoms with Gasteiger partial charge in [-0.25, -0.2) is 9.97 Å². The number of hydrogen-bond donors (Lipinski definition) is 0. The normalized spacial score (nSPS) is 10.7. The lowest BCUT2D eigenvalue weighted by Crippen LogP contribution is -2.01. The van der Waals surface area contributed by atoms with Crippen LogP contribution in [0.5, 0.6) is 0 Å². The van der Waals surface area contributed by atoms with Gasteiger partial charge in [0.05, 0.1) is 11.6 Å². The van der Waals surface area contributed by atoms with E-state index < -0.39 is 0 Å². The molecular weight excluding hydrogens is 332 g/mol. The topological polar surface area (TPSA) is 54.5 Å². The number of aryl methyl sites for hydroxylation is 1. The van der Waals surface area contributed by atoms with Crippen molar-refractivity contribution in [3.05, 3.63) is 90.4 Å². The van der Waals surface area contributed by atoms with Gasteiger partial charge in [-0.1, -0.05) is 36.4 Å². The van der Waals surface area contributed by atoms with E-state index in [0.29, 0.717) is 12.0 Å². The third kappa shape index (κ3) is 3.00. The molecular formula is C23H18N4. The molecule has 0 atom stereocenters. The Morgan fingerprint density at radius 2 is 1.81 bits per heavy atom. The molecule has 2 aromatic heterocycles. The molecule has 4 aromatic rings. The molecule has 4 nitrogen and oxygen atoms in total. The molecule has 0 saturated carbocycles. The van der Waals surface area contributed by atoms with Gasteiger partial charge < -0.3 is 0 Å². The first-order valence-corrected chi connectivity index (χ1v) is 8.77. The molecule has 2 aromatic carbocycles. The number of nitrogens with zero attached hydrogens (tertiary/aromatic N) is 4. The largest absolute Gasteiger partial charge is 0.280 e. The van der Waals surface area contributed by atoms with Gasteiger partial charge in [-0.05, 0) is 48.4 Å². The molecule has 130 valence electrons. The number of pyridine rings is 1. The van der Waals surface area contributed by atoms with Gasteiger partial charge in [0, 0.05) is 17.8 Å². The number of aromatic nitrogens is 3. The summed E-state index contributed by atoms with van der Waals surface area (Å²) in [6.45, 7) is 5.83. The summed E-state index contributed by atoms with van der Waals surface area (Å²) in [6.07, 6.45) is 2.51. The standard InChI is InChI=1S/C23H18N4/c1-3-6-22-26-21-14-9-16(2)25-23(21)27(22)19-12-10-17(11-13-19)20-8-5-4-7-18(20)15-24/h3-5,7-14H,1,6H2,2H3. The molecule has 4 heteroatoms. The van der Waals surface area contributed by atoms with E-state index in [1.165, 1.54) is 0 Å². The highest BCUT2D eigenvalue weighted by Crippen LogP contribution is 2.26. The van der Waals surface area contributed by atoms with Crippen LogP contribution in [0.15, 0.2) is 73.3 Å². The smallest absolute Gasteiger partial charge is 0.164 e. The third-order valence-corrected chi connectivity index (χ3v) is 4.52. The van der Waals surface area contributed by atoms with Crippen LogP contribution in [0.2, 0.25) is 0 Å². The Labute approximate surface area is 158 Å². The summed E-state index contributed by atoms with van der Waals surface area (Å²) < 4.78 is 2.07. The molecule has 0 amide bonds. The van der Waals surface area contributed by atoms with E-state index in [1.807, 2.05) is 73.7 Å². The van der Waals surface area contributed by atoms with Crippen molar-refractivity contribution in [3.63, 3.8) is 0 Å². The van der Waals surface area contributed by atoms with Gasteiger partial charge in [-0.15, -0.1) is 6.58 Å². The Hall–Kier alpha value is -3.71. The minimum atomic E-state index is 0.661. The molecule has 0 N–H and O–H groups in total. The predicted octanol–water partition coefficient (Wildman–Crippen LogP) is 5.00. The Bertz CT molecular complexity index is 1180. The summed E-state index contributed by atoms with van der Waals surface area (Å²) in [5, 5.41) is 9.34. The minimum absolute atomic E-state index is 0.661. The number of rotatable bonds is 4. The quantitative estimate of drug-likeness (QED) is 0.487. The summed E-state index contributed by atoms with van der Waals surface area (Å²) in [4.78, 5) is 9.40. The first kappa shape index (κ1) is 16.7. The van der Waals surface area contributed by atoms with Crippen LogP contribution in [0.25, 0.3) is 28.0 Å². The van der Waals surface area contributed by atoms with E-state index in [9.17, 15) is 5.26 Å². The molecule has 4 rings (SSSR count). The molecule has 2 heterocycles. The predicted molar refractivity (Wildman–Crippen MR) is 108 cm³/mol. The van der Waals surface area contributed by atoms with Gasteiger partial charge in [0.15, 0.2) is 5.65 Å². The lowest BCUT2D eigenvalue weighted by Gasteiger charge is -2.10. The van der Waals surface area contributed by atoms with Gasteiger partial charge in [0.1, 0.15) is 11.3 Å². The van der Waals surface area contributed by atoms with E-state index >= 15 is 0 Å². The summed E-state index contributed by atoms with van der Waals surface area (Å²) in [6, 6.07) is 22.0. The van der Waals surface area contributed by atoms with E-state index in [4.69, 9.17) is 4.98 Å². The maximum absolute atomic E-state index is 9.34. The Morgan fingerprint density at radius 3 is 2.56 bits per heavy atom. The summed E-state index contributed by atoms with van der Waals surface area (Å²) in [5.74, 6) is 0.906. The van der Waals surface area contributed by atoms with Gasteiger partial charge >= 0.3 is 0 Å². The number of benzene rings is 2. The molecule has 0 spiro atoms. The van der Waals surface area contributed by atoms with Crippen molar-refractivity contribution < 1.29 is 0 Å². The second-order valence-electron chi connectivity index (χ2n) is 6.36. The highest BCUT2D eigenvalue weighted by atomic mass is 15.1. The van der Waals surface area contributed by atoms with Crippen LogP contribution >= 0.6 is 0 Å². The summed E-state index contributed by atoms with van der Waals surface area (Å²) in [7, 11) is 0. The summed E-state index contributed by atoms with van der Waals surface area (Å²) >= 11 is 0. The first-order chi connectivity index (χ1) is 13.2. The number of allylic oxidation sites excluding steroid dienone is 1. The van der Waals surface area contributed by atoms with Crippen LogP contribution in [-0.4, -0.2) is 14.5 Å². The monoisotopic (exact) mass is 350 g/mol. The second kappa shape index (κ2) is 6.89. The van der Waals surface area contributed by atoms with Crippen molar-refractivity contribution in [2.75, 3.05) is 0 Å². The van der Waals surface area contributed by atoms with E-state index in [1.54, 1.807) is 0 Å². The number of imidazole rings is 1. The number of nitriles is 1. The third-order valence-electron chi connectivity index (χ3n) is 4.52. The fraction of sp³-hybridized carbons (Fsp3) is 0.0870. The first-order valence-electron chi connectivity index (χ1n) is 8.77. The molecule has 0 saturated heterocycles. The maximum atomic E-state index is 9.34. The lowest BCUT2D eigenvalue weighted by molar-refractivity contribution is 0.939. The summed E-state index contributed by atoms with van der Waals surface area (Å²) in [5.41, 5.74) is 6.27. The average Bonchev–Trinajstić information content (AvgIpc) is 3.05. The zero-order valence-corrected chi connectivity index (χ0v) is 15.1. The van der Waals surface area contributed by atoms with Crippen LogP contribution in [-0.2, 0) is 6.42 Å². The van der Waals surface area contributed by atoms with E-state index in [0.717, 1.165) is 39.5 Å². The van der Waals surface area contributed by atoms with E-state index in [2.05, 4.69) is 22.2 Å². The second-order valence-corrected chi connectivity index (χ2v) is 6.36. The zero-order valence-electron chi connectivity index (χ0n) is 15.1. The molecule has 0 fully saturated rings. The lowest BCUT2D eigenvalue weighted by atomic mass is 10.0. The molecule has 0 unspecified atom stereocenters. The SMILES string of the molecule is C=CCc1nc2ccc(C)nc2n1-c1ccc(-c2ccccc2C#N)cc1. The van der Waals surface area contributed by atoms with Crippen molar-refractivity contribution in [1.29, 1.82) is 5.26 Å². The van der Waals surface area contributed by atoms with Gasteiger partial charge in [0.25, 0.3) is 0 Å². The van der Waals surface area contributed by atoms with Crippen LogP contribution in [0.3, 0.4) is 0 Å². The van der Waals surface area contributed by atoms with Crippen molar-refractivity contribution in [3.8, 4) is 22.9 Å².